The predicted molar refractivity (Wildman–Crippen MR) is 105 cm³/mol. The minimum Gasteiger partial charge on any atom is -0.544 e. The highest BCUT2D eigenvalue weighted by atomic mass is 28.4. The Kier molecular flexibility index (Phi) is 5.85. The molecule has 5 nitrogen and oxygen atoms in total. The van der Waals surface area contributed by atoms with Gasteiger partial charge < -0.3 is 14.5 Å². The zero-order chi connectivity index (χ0) is 19.6. The predicted octanol–water partition coefficient (Wildman–Crippen LogP) is 3.78. The van der Waals surface area contributed by atoms with Gasteiger partial charge in [-0.15, -0.1) is 0 Å². The highest BCUT2D eigenvalue weighted by Gasteiger charge is 2.43. The number of hydrogen-bond donors (Lipinski definition) is 1. The number of amides is 1. The summed E-state index contributed by atoms with van der Waals surface area (Å²) in [6, 6.07) is 7.85. The van der Waals surface area contributed by atoms with Crippen LogP contribution in [0.5, 0.6) is 5.75 Å². The topological polar surface area (TPSA) is 64.6 Å². The van der Waals surface area contributed by atoms with E-state index in [1.165, 1.54) is 0 Å². The molecular weight excluding hydrogens is 346 g/mol. The summed E-state index contributed by atoms with van der Waals surface area (Å²) >= 11 is 0. The van der Waals surface area contributed by atoms with Gasteiger partial charge in [-0.3, -0.25) is 9.59 Å². The summed E-state index contributed by atoms with van der Waals surface area (Å²) in [4.78, 5) is 23.9. The highest BCUT2D eigenvalue weighted by Crippen LogP contribution is 2.39. The molecule has 0 aromatic heterocycles. The van der Waals surface area contributed by atoms with Crippen LogP contribution in [-0.2, 0) is 19.7 Å². The molecule has 1 saturated heterocycles. The maximum Gasteiger partial charge on any atom is 0.306 e. The van der Waals surface area contributed by atoms with E-state index in [-0.39, 0.29) is 23.3 Å². The van der Waals surface area contributed by atoms with E-state index >= 15 is 0 Å². The molecule has 1 heterocycles. The fourth-order valence-corrected chi connectivity index (χ4v) is 3.98. The molecule has 1 aliphatic heterocycles. The summed E-state index contributed by atoms with van der Waals surface area (Å²) in [5.74, 6) is 0.533. The second-order valence-corrected chi connectivity index (χ2v) is 13.3. The second-order valence-electron chi connectivity index (χ2n) is 8.60. The van der Waals surface area contributed by atoms with Crippen LogP contribution in [0, 0.1) is 0 Å². The molecule has 1 aromatic carbocycles. The maximum absolute atomic E-state index is 12.1. The lowest BCUT2D eigenvalue weighted by atomic mass is 9.77. The van der Waals surface area contributed by atoms with Crippen molar-refractivity contribution in [2.75, 3.05) is 13.2 Å². The number of rotatable bonds is 6. The maximum atomic E-state index is 12.1. The number of hydrogen-bond acceptors (Lipinski definition) is 4. The summed E-state index contributed by atoms with van der Waals surface area (Å²) < 4.78 is 11.4. The van der Waals surface area contributed by atoms with Gasteiger partial charge in [-0.25, -0.2) is 0 Å². The van der Waals surface area contributed by atoms with E-state index in [9.17, 15) is 9.59 Å². The Morgan fingerprint density at radius 2 is 1.85 bits per heavy atom. The number of carbonyl (C=O) groups excluding carboxylic acids is 2. The number of ether oxygens (including phenoxy) is 1. The van der Waals surface area contributed by atoms with Crippen molar-refractivity contribution in [3.8, 4) is 5.75 Å². The van der Waals surface area contributed by atoms with E-state index < -0.39 is 13.7 Å². The van der Waals surface area contributed by atoms with Gasteiger partial charge in [0.1, 0.15) is 5.75 Å². The fourth-order valence-electron chi connectivity index (χ4n) is 2.94. The number of carbonyl (C=O) groups is 2. The minimum atomic E-state index is -1.90. The molecule has 1 N–H and O–H groups in total. The first-order valence-electron chi connectivity index (χ1n) is 9.21. The average Bonchev–Trinajstić information content (AvgIpc) is 2.88. The Morgan fingerprint density at radius 1 is 1.23 bits per heavy atom. The van der Waals surface area contributed by atoms with Crippen LogP contribution in [0.2, 0.25) is 18.1 Å². The monoisotopic (exact) mass is 377 g/mol. The van der Waals surface area contributed by atoms with Crippen LogP contribution in [-0.4, -0.2) is 33.3 Å². The van der Waals surface area contributed by atoms with Gasteiger partial charge >= 0.3 is 5.97 Å². The molecular formula is C20H31NO4Si. The SMILES string of the molecule is CCOC(=O)CC1(c2ccc(O[Si](C)(C)C(C)(C)C)cc2)CNC(=O)C1. The molecule has 0 radical (unpaired) electrons. The van der Waals surface area contributed by atoms with Gasteiger partial charge in [-0.05, 0) is 42.8 Å². The van der Waals surface area contributed by atoms with Crippen molar-refractivity contribution in [1.29, 1.82) is 0 Å². The smallest absolute Gasteiger partial charge is 0.306 e. The Hall–Kier alpha value is -1.82. The molecule has 1 unspecified atom stereocenters. The van der Waals surface area contributed by atoms with Crippen molar-refractivity contribution < 1.29 is 18.8 Å². The van der Waals surface area contributed by atoms with Gasteiger partial charge in [-0.1, -0.05) is 32.9 Å². The average molecular weight is 378 g/mol. The molecule has 26 heavy (non-hydrogen) atoms. The van der Waals surface area contributed by atoms with Crippen molar-refractivity contribution in [3.05, 3.63) is 29.8 Å². The largest absolute Gasteiger partial charge is 0.544 e. The van der Waals surface area contributed by atoms with Crippen LogP contribution >= 0.6 is 0 Å². The zero-order valence-corrected chi connectivity index (χ0v) is 17.8. The lowest BCUT2D eigenvalue weighted by Crippen LogP contribution is -2.43. The van der Waals surface area contributed by atoms with Gasteiger partial charge in [0.15, 0.2) is 0 Å². The molecule has 0 bridgehead atoms. The molecule has 1 aromatic rings. The van der Waals surface area contributed by atoms with Gasteiger partial charge in [0, 0.05) is 18.4 Å². The molecule has 1 fully saturated rings. The third kappa shape index (κ3) is 4.47. The summed E-state index contributed by atoms with van der Waals surface area (Å²) in [6.45, 7) is 13.6. The van der Waals surface area contributed by atoms with Gasteiger partial charge in [0.25, 0.3) is 0 Å². The van der Waals surface area contributed by atoms with Crippen LogP contribution < -0.4 is 9.74 Å². The van der Waals surface area contributed by atoms with Crippen LogP contribution in [0.4, 0.5) is 0 Å². The first-order chi connectivity index (χ1) is 12.0. The molecule has 1 atom stereocenters. The van der Waals surface area contributed by atoms with Crippen molar-refractivity contribution >= 4 is 20.2 Å². The van der Waals surface area contributed by atoms with Crippen LogP contribution in [0.3, 0.4) is 0 Å². The summed E-state index contributed by atoms with van der Waals surface area (Å²) in [5.41, 5.74) is 0.422. The molecule has 1 aliphatic rings. The van der Waals surface area contributed by atoms with E-state index in [1.54, 1.807) is 6.92 Å². The Morgan fingerprint density at radius 3 is 2.31 bits per heavy atom. The Labute approximate surface area is 157 Å². The standard InChI is InChI=1S/C20H31NO4Si/c1-7-24-18(23)13-20(12-17(22)21-14-20)15-8-10-16(11-9-15)25-26(5,6)19(2,3)4/h8-11H,7,12-14H2,1-6H3,(H,21,22). The van der Waals surface area contributed by atoms with Crippen LogP contribution in [0.1, 0.15) is 46.1 Å². The summed E-state index contributed by atoms with van der Waals surface area (Å²) in [7, 11) is -1.90. The van der Waals surface area contributed by atoms with Gasteiger partial charge in [0.2, 0.25) is 14.2 Å². The van der Waals surface area contributed by atoms with Crippen LogP contribution in [0.15, 0.2) is 24.3 Å². The van der Waals surface area contributed by atoms with Crippen molar-refractivity contribution in [2.24, 2.45) is 0 Å². The van der Waals surface area contributed by atoms with E-state index in [1.807, 2.05) is 24.3 Å². The number of esters is 1. The minimum absolute atomic E-state index is 0.0316. The number of nitrogens with one attached hydrogen (secondary N) is 1. The molecule has 0 spiro atoms. The Bertz CT molecular complexity index is 663. The van der Waals surface area contributed by atoms with Gasteiger partial charge in [-0.2, -0.15) is 0 Å². The van der Waals surface area contributed by atoms with Crippen molar-refractivity contribution in [3.63, 3.8) is 0 Å². The van der Waals surface area contributed by atoms with Crippen molar-refractivity contribution in [2.45, 2.75) is 64.1 Å². The normalized spacial score (nSPS) is 20.6. The van der Waals surface area contributed by atoms with E-state index in [4.69, 9.17) is 9.16 Å². The molecule has 2 rings (SSSR count). The van der Waals surface area contributed by atoms with Crippen LogP contribution in [0.25, 0.3) is 0 Å². The first-order valence-corrected chi connectivity index (χ1v) is 12.1. The first kappa shape index (κ1) is 20.5. The molecule has 1 amide bonds. The zero-order valence-electron chi connectivity index (χ0n) is 16.8. The summed E-state index contributed by atoms with van der Waals surface area (Å²) in [5, 5.41) is 2.98. The molecule has 0 aliphatic carbocycles. The van der Waals surface area contributed by atoms with E-state index in [0.29, 0.717) is 19.6 Å². The Balaban J connectivity index is 2.23. The lowest BCUT2D eigenvalue weighted by Gasteiger charge is -2.36. The number of benzene rings is 1. The third-order valence-electron chi connectivity index (χ3n) is 5.56. The van der Waals surface area contributed by atoms with E-state index in [0.717, 1.165) is 11.3 Å². The molecule has 6 heteroatoms. The second kappa shape index (κ2) is 7.43. The highest BCUT2D eigenvalue weighted by molar-refractivity contribution is 6.74. The molecule has 0 saturated carbocycles. The molecule has 144 valence electrons. The fraction of sp³-hybridized carbons (Fsp3) is 0.600. The summed E-state index contributed by atoms with van der Waals surface area (Å²) in [6.07, 6.45) is 0.496. The quantitative estimate of drug-likeness (QED) is 0.605. The lowest BCUT2D eigenvalue weighted by molar-refractivity contribution is -0.144. The van der Waals surface area contributed by atoms with Gasteiger partial charge in [0.05, 0.1) is 13.0 Å². The van der Waals surface area contributed by atoms with Crippen molar-refractivity contribution in [1.82, 2.24) is 5.32 Å². The third-order valence-corrected chi connectivity index (χ3v) is 9.92. The van der Waals surface area contributed by atoms with E-state index in [2.05, 4.69) is 39.2 Å².